The summed E-state index contributed by atoms with van der Waals surface area (Å²) >= 11 is 12.0. The summed E-state index contributed by atoms with van der Waals surface area (Å²) in [5.74, 6) is 0.283. The number of hydrogen-bond acceptors (Lipinski definition) is 2. The molecule has 2 aromatic rings. The number of benzene rings is 2. The van der Waals surface area contributed by atoms with Crippen molar-refractivity contribution in [3.63, 3.8) is 0 Å². The van der Waals surface area contributed by atoms with Crippen molar-refractivity contribution in [3.05, 3.63) is 63.6 Å². The number of carbonyl (C=O) groups is 1. The van der Waals surface area contributed by atoms with Crippen LogP contribution in [0.15, 0.2) is 42.5 Å². The molecule has 25 heavy (non-hydrogen) atoms. The normalized spacial score (nSPS) is 18.4. The van der Waals surface area contributed by atoms with Gasteiger partial charge in [0.2, 0.25) is 5.91 Å². The average molecular weight is 400 g/mol. The number of hydrogen-bond donors (Lipinski definition) is 2. The highest BCUT2D eigenvalue weighted by Crippen LogP contribution is 2.49. The molecule has 1 amide bonds. The quantitative estimate of drug-likeness (QED) is 0.695. The maximum atomic E-state index is 12.5. The van der Waals surface area contributed by atoms with E-state index in [9.17, 15) is 4.79 Å². The molecular weight excluding hydrogens is 379 g/mol. The minimum Gasteiger partial charge on any atom is -0.326 e. The first-order valence-electron chi connectivity index (χ1n) is 8.14. The zero-order valence-corrected chi connectivity index (χ0v) is 16.2. The second-order valence-electron chi connectivity index (χ2n) is 6.05. The Morgan fingerprint density at radius 3 is 2.64 bits per heavy atom. The molecule has 0 aromatic heterocycles. The van der Waals surface area contributed by atoms with Gasteiger partial charge in [0.25, 0.3) is 0 Å². The first-order valence-corrected chi connectivity index (χ1v) is 8.90. The molecule has 1 fully saturated rings. The van der Waals surface area contributed by atoms with Crippen LogP contribution in [0.4, 0.5) is 5.69 Å². The minimum absolute atomic E-state index is 0. The van der Waals surface area contributed by atoms with Gasteiger partial charge in [-0.05, 0) is 48.2 Å². The van der Waals surface area contributed by atoms with Gasteiger partial charge in [0.1, 0.15) is 0 Å². The van der Waals surface area contributed by atoms with Crippen LogP contribution in [0.5, 0.6) is 0 Å². The van der Waals surface area contributed by atoms with Crippen LogP contribution < -0.4 is 10.6 Å². The Balaban J connectivity index is 0.00000225. The Morgan fingerprint density at radius 2 is 1.92 bits per heavy atom. The highest BCUT2D eigenvalue weighted by molar-refractivity contribution is 6.42. The molecule has 0 aliphatic heterocycles. The van der Waals surface area contributed by atoms with E-state index in [2.05, 4.69) is 17.6 Å². The van der Waals surface area contributed by atoms with E-state index in [0.29, 0.717) is 10.0 Å². The summed E-state index contributed by atoms with van der Waals surface area (Å²) in [7, 11) is 0. The molecule has 0 heterocycles. The SMILES string of the molecule is CCNCc1ccccc1NC(=O)C1CC1c1ccc(Cl)c(Cl)c1.Cl. The van der Waals surface area contributed by atoms with Crippen LogP contribution in [0.25, 0.3) is 0 Å². The molecule has 134 valence electrons. The molecule has 2 unspecified atom stereocenters. The van der Waals surface area contributed by atoms with Gasteiger partial charge in [-0.15, -0.1) is 12.4 Å². The maximum absolute atomic E-state index is 12.5. The molecule has 0 spiro atoms. The van der Waals surface area contributed by atoms with Gasteiger partial charge in [0.15, 0.2) is 0 Å². The predicted octanol–water partition coefficient (Wildman–Crippen LogP) is 5.27. The lowest BCUT2D eigenvalue weighted by Crippen LogP contribution is -2.18. The fourth-order valence-electron chi connectivity index (χ4n) is 2.88. The number of amides is 1. The summed E-state index contributed by atoms with van der Waals surface area (Å²) in [6.45, 7) is 3.70. The molecule has 3 nitrogen and oxygen atoms in total. The number of carbonyl (C=O) groups excluding carboxylic acids is 1. The zero-order chi connectivity index (χ0) is 17.1. The Bertz CT molecular complexity index is 751. The van der Waals surface area contributed by atoms with Gasteiger partial charge >= 0.3 is 0 Å². The third kappa shape index (κ3) is 4.89. The first-order chi connectivity index (χ1) is 11.6. The van der Waals surface area contributed by atoms with Gasteiger partial charge in [-0.2, -0.15) is 0 Å². The number of halogens is 3. The minimum atomic E-state index is -0.00515. The largest absolute Gasteiger partial charge is 0.326 e. The summed E-state index contributed by atoms with van der Waals surface area (Å²) in [6.07, 6.45) is 0.846. The molecule has 0 bridgehead atoms. The highest BCUT2D eigenvalue weighted by atomic mass is 35.5. The molecule has 1 saturated carbocycles. The van der Waals surface area contributed by atoms with E-state index in [0.717, 1.165) is 36.3 Å². The van der Waals surface area contributed by atoms with Gasteiger partial charge in [-0.1, -0.05) is 54.4 Å². The van der Waals surface area contributed by atoms with Gasteiger partial charge < -0.3 is 10.6 Å². The number of nitrogens with one attached hydrogen (secondary N) is 2. The maximum Gasteiger partial charge on any atom is 0.228 e. The Labute approximate surface area is 164 Å². The smallest absolute Gasteiger partial charge is 0.228 e. The lowest BCUT2D eigenvalue weighted by atomic mass is 10.1. The molecule has 1 aliphatic carbocycles. The number of para-hydroxylation sites is 1. The van der Waals surface area contributed by atoms with Crippen LogP contribution >= 0.6 is 35.6 Å². The van der Waals surface area contributed by atoms with Crippen molar-refractivity contribution < 1.29 is 4.79 Å². The van der Waals surface area contributed by atoms with Gasteiger partial charge in [-0.25, -0.2) is 0 Å². The van der Waals surface area contributed by atoms with Crippen molar-refractivity contribution in [2.24, 2.45) is 5.92 Å². The standard InChI is InChI=1S/C19H20Cl2N2O.ClH/c1-2-22-11-13-5-3-4-6-18(13)23-19(24)15-10-14(15)12-7-8-16(20)17(21)9-12;/h3-9,14-15,22H,2,10-11H2,1H3,(H,23,24);1H. The van der Waals surface area contributed by atoms with Crippen LogP contribution in [0.1, 0.15) is 30.4 Å². The average Bonchev–Trinajstić information content (AvgIpc) is 3.37. The van der Waals surface area contributed by atoms with Crippen molar-refractivity contribution in [3.8, 4) is 0 Å². The van der Waals surface area contributed by atoms with E-state index in [1.54, 1.807) is 6.07 Å². The lowest BCUT2D eigenvalue weighted by Gasteiger charge is -2.11. The van der Waals surface area contributed by atoms with Crippen molar-refractivity contribution in [2.45, 2.75) is 25.8 Å². The molecule has 6 heteroatoms. The van der Waals surface area contributed by atoms with Crippen LogP contribution in [0.3, 0.4) is 0 Å². The summed E-state index contributed by atoms with van der Waals surface area (Å²) in [5.41, 5.74) is 3.05. The van der Waals surface area contributed by atoms with Crippen LogP contribution in [0.2, 0.25) is 10.0 Å². The highest BCUT2D eigenvalue weighted by Gasteiger charge is 2.44. The lowest BCUT2D eigenvalue weighted by molar-refractivity contribution is -0.117. The van der Waals surface area contributed by atoms with E-state index in [4.69, 9.17) is 23.2 Å². The molecule has 2 N–H and O–H groups in total. The monoisotopic (exact) mass is 398 g/mol. The van der Waals surface area contributed by atoms with Crippen LogP contribution in [0, 0.1) is 5.92 Å². The van der Waals surface area contributed by atoms with Gasteiger partial charge in [0.05, 0.1) is 10.0 Å². The fourth-order valence-corrected chi connectivity index (χ4v) is 3.18. The Morgan fingerprint density at radius 1 is 1.16 bits per heavy atom. The van der Waals surface area contributed by atoms with E-state index in [-0.39, 0.29) is 30.2 Å². The first kappa shape index (κ1) is 20.1. The third-order valence-corrected chi connectivity index (χ3v) is 5.08. The number of anilines is 1. The van der Waals surface area contributed by atoms with Gasteiger partial charge in [-0.3, -0.25) is 4.79 Å². The Hall–Kier alpha value is -1.26. The summed E-state index contributed by atoms with van der Waals surface area (Å²) < 4.78 is 0. The van der Waals surface area contributed by atoms with E-state index < -0.39 is 0 Å². The predicted molar refractivity (Wildman–Crippen MR) is 107 cm³/mol. The summed E-state index contributed by atoms with van der Waals surface area (Å²) in [6, 6.07) is 13.5. The second kappa shape index (κ2) is 8.91. The van der Waals surface area contributed by atoms with E-state index in [1.165, 1.54) is 0 Å². The molecule has 1 aliphatic rings. The second-order valence-corrected chi connectivity index (χ2v) is 6.86. The molecular formula is C19H21Cl3N2O. The fraction of sp³-hybridized carbons (Fsp3) is 0.316. The third-order valence-electron chi connectivity index (χ3n) is 4.34. The summed E-state index contributed by atoms with van der Waals surface area (Å²) in [5, 5.41) is 7.44. The number of rotatable bonds is 6. The molecule has 0 radical (unpaired) electrons. The van der Waals surface area contributed by atoms with Crippen molar-refractivity contribution in [1.29, 1.82) is 0 Å². The van der Waals surface area contributed by atoms with Crippen LogP contribution in [-0.2, 0) is 11.3 Å². The molecule has 3 rings (SSSR count). The Kier molecular flexibility index (Phi) is 7.14. The topological polar surface area (TPSA) is 41.1 Å². The van der Waals surface area contributed by atoms with Crippen molar-refractivity contribution in [2.75, 3.05) is 11.9 Å². The van der Waals surface area contributed by atoms with Crippen LogP contribution in [-0.4, -0.2) is 12.5 Å². The zero-order valence-electron chi connectivity index (χ0n) is 13.9. The molecule has 0 saturated heterocycles. The van der Waals surface area contributed by atoms with Crippen molar-refractivity contribution >= 4 is 47.2 Å². The molecule has 2 atom stereocenters. The molecule has 2 aromatic carbocycles. The summed E-state index contributed by atoms with van der Waals surface area (Å²) in [4.78, 5) is 12.5. The van der Waals surface area contributed by atoms with Gasteiger partial charge in [0, 0.05) is 18.2 Å². The van der Waals surface area contributed by atoms with E-state index in [1.807, 2.05) is 36.4 Å². The van der Waals surface area contributed by atoms with Crippen molar-refractivity contribution in [1.82, 2.24) is 5.32 Å². The van der Waals surface area contributed by atoms with E-state index >= 15 is 0 Å².